The highest BCUT2D eigenvalue weighted by molar-refractivity contribution is 5.89. The summed E-state index contributed by atoms with van der Waals surface area (Å²) >= 11 is 0. The molecule has 2 rings (SSSR count). The molecule has 0 aliphatic heterocycles. The minimum absolute atomic E-state index is 0.000945. The Morgan fingerprint density at radius 1 is 1.13 bits per heavy atom. The fourth-order valence-corrected chi connectivity index (χ4v) is 3.47. The monoisotopic (exact) mass is 432 g/mol. The number of aromatic nitrogens is 1. The van der Waals surface area contributed by atoms with Gasteiger partial charge in [-0.15, -0.1) is 0 Å². The van der Waals surface area contributed by atoms with Gasteiger partial charge in [0.25, 0.3) is 5.56 Å². The molecule has 7 nitrogen and oxygen atoms in total. The highest BCUT2D eigenvalue weighted by Gasteiger charge is 2.30. The summed E-state index contributed by atoms with van der Waals surface area (Å²) in [6.07, 6.45) is 0.714. The zero-order valence-electron chi connectivity index (χ0n) is 19.8. The smallest absolute Gasteiger partial charge is 0.408 e. The largest absolute Gasteiger partial charge is 0.508 e. The maximum absolute atomic E-state index is 13.5. The number of fused-ring (bicyclic) bond motifs is 1. The van der Waals surface area contributed by atoms with Gasteiger partial charge in [-0.1, -0.05) is 34.1 Å². The van der Waals surface area contributed by atoms with Crippen LogP contribution >= 0.6 is 0 Å². The van der Waals surface area contributed by atoms with E-state index in [1.54, 1.807) is 10.6 Å². The molecule has 1 aromatic carbocycles. The minimum Gasteiger partial charge on any atom is -0.508 e. The topological polar surface area (TPSA) is 92.0 Å². The molecule has 0 radical (unpaired) electrons. The molecule has 7 heteroatoms. The van der Waals surface area contributed by atoms with Crippen LogP contribution in [0.4, 0.5) is 4.79 Å². The molecular weight excluding hydrogens is 396 g/mol. The maximum atomic E-state index is 13.5. The van der Waals surface area contributed by atoms with E-state index in [-0.39, 0.29) is 23.3 Å². The third-order valence-corrected chi connectivity index (χ3v) is 5.04. The van der Waals surface area contributed by atoms with Crippen molar-refractivity contribution in [2.75, 3.05) is 6.61 Å². The number of phenols is 1. The third-order valence-electron chi connectivity index (χ3n) is 5.04. The number of phenolic OH excluding ortho intramolecular Hbond substituents is 1. The molecule has 2 aromatic rings. The van der Waals surface area contributed by atoms with Gasteiger partial charge in [0.15, 0.2) is 0 Å². The molecule has 2 N–H and O–H groups in total. The second kappa shape index (κ2) is 9.20. The van der Waals surface area contributed by atoms with E-state index in [1.165, 1.54) is 17.0 Å². The Labute approximate surface area is 184 Å². The van der Waals surface area contributed by atoms with E-state index in [9.17, 15) is 19.8 Å². The molecule has 0 aliphatic carbocycles. The van der Waals surface area contributed by atoms with Crippen LogP contribution in [0.25, 0.3) is 10.8 Å². The molecule has 1 heterocycles. The zero-order chi connectivity index (χ0) is 23.6. The van der Waals surface area contributed by atoms with E-state index in [0.29, 0.717) is 35.4 Å². The Balaban J connectivity index is 2.87. The van der Waals surface area contributed by atoms with Crippen LogP contribution in [0.15, 0.2) is 23.0 Å². The third kappa shape index (κ3) is 5.93. The number of ether oxygens (including phenoxy) is 1. The second-order valence-corrected chi connectivity index (χ2v) is 10.2. The van der Waals surface area contributed by atoms with Crippen molar-refractivity contribution in [2.24, 2.45) is 5.41 Å². The SMILES string of the molecule is CCCCOc1c(CN(C(=O)O)C(C)(C)C)n(CC(C)(C)C)c(=O)c2cc(O)ccc12. The predicted octanol–water partition coefficient (Wildman–Crippen LogP) is 5.21. The highest BCUT2D eigenvalue weighted by Crippen LogP contribution is 2.33. The molecule has 0 saturated heterocycles. The van der Waals surface area contributed by atoms with Gasteiger partial charge in [0.2, 0.25) is 0 Å². The van der Waals surface area contributed by atoms with E-state index in [0.717, 1.165) is 12.8 Å². The number of hydrogen-bond donors (Lipinski definition) is 2. The Morgan fingerprint density at radius 3 is 2.29 bits per heavy atom. The van der Waals surface area contributed by atoms with Crippen molar-refractivity contribution in [3.63, 3.8) is 0 Å². The van der Waals surface area contributed by atoms with Crippen LogP contribution in [0.3, 0.4) is 0 Å². The molecule has 0 atom stereocenters. The Bertz CT molecular complexity index is 996. The van der Waals surface area contributed by atoms with Crippen molar-refractivity contribution in [3.8, 4) is 11.5 Å². The highest BCUT2D eigenvalue weighted by atomic mass is 16.5. The fourth-order valence-electron chi connectivity index (χ4n) is 3.47. The summed E-state index contributed by atoms with van der Waals surface area (Å²) in [5.74, 6) is 0.504. The Kier molecular flexibility index (Phi) is 7.29. The lowest BCUT2D eigenvalue weighted by Crippen LogP contribution is -2.45. The molecule has 31 heavy (non-hydrogen) atoms. The summed E-state index contributed by atoms with van der Waals surface area (Å²) in [4.78, 5) is 26.9. The maximum Gasteiger partial charge on any atom is 0.408 e. The number of aromatic hydroxyl groups is 1. The number of benzene rings is 1. The molecule has 1 aromatic heterocycles. The van der Waals surface area contributed by atoms with Gasteiger partial charge >= 0.3 is 6.09 Å². The number of amides is 1. The molecule has 0 saturated carbocycles. The van der Waals surface area contributed by atoms with Crippen LogP contribution in [0.2, 0.25) is 0 Å². The van der Waals surface area contributed by atoms with E-state index < -0.39 is 11.6 Å². The quantitative estimate of drug-likeness (QED) is 0.586. The number of carboxylic acid groups (broad SMARTS) is 1. The van der Waals surface area contributed by atoms with Crippen LogP contribution < -0.4 is 10.3 Å². The lowest BCUT2D eigenvalue weighted by atomic mass is 9.96. The van der Waals surface area contributed by atoms with E-state index in [1.807, 2.05) is 41.5 Å². The first-order valence-electron chi connectivity index (χ1n) is 10.8. The van der Waals surface area contributed by atoms with Crippen molar-refractivity contribution in [1.29, 1.82) is 0 Å². The molecule has 1 amide bonds. The van der Waals surface area contributed by atoms with Gasteiger partial charge in [-0.05, 0) is 50.8 Å². The summed E-state index contributed by atoms with van der Waals surface area (Å²) < 4.78 is 7.79. The van der Waals surface area contributed by atoms with Crippen molar-refractivity contribution in [1.82, 2.24) is 9.47 Å². The van der Waals surface area contributed by atoms with E-state index >= 15 is 0 Å². The van der Waals surface area contributed by atoms with Gasteiger partial charge in [-0.3, -0.25) is 9.69 Å². The number of pyridine rings is 1. The fraction of sp³-hybridized carbons (Fsp3) is 0.583. The van der Waals surface area contributed by atoms with Gasteiger partial charge in [0, 0.05) is 17.5 Å². The number of rotatable bonds is 7. The van der Waals surface area contributed by atoms with Crippen LogP contribution in [0, 0.1) is 5.41 Å². The minimum atomic E-state index is -1.06. The lowest BCUT2D eigenvalue weighted by Gasteiger charge is -2.35. The van der Waals surface area contributed by atoms with Crippen molar-refractivity contribution in [3.05, 3.63) is 34.2 Å². The van der Waals surface area contributed by atoms with Crippen LogP contribution in [-0.2, 0) is 13.1 Å². The van der Waals surface area contributed by atoms with Gasteiger partial charge < -0.3 is 19.5 Å². The zero-order valence-corrected chi connectivity index (χ0v) is 19.8. The van der Waals surface area contributed by atoms with Gasteiger partial charge in [-0.2, -0.15) is 0 Å². The molecule has 0 bridgehead atoms. The molecule has 172 valence electrons. The van der Waals surface area contributed by atoms with Crippen molar-refractivity contribution >= 4 is 16.9 Å². The number of nitrogens with zero attached hydrogens (tertiary/aromatic N) is 2. The van der Waals surface area contributed by atoms with Crippen LogP contribution in [0.5, 0.6) is 11.5 Å². The molecule has 0 aliphatic rings. The average Bonchev–Trinajstić information content (AvgIpc) is 2.62. The van der Waals surface area contributed by atoms with E-state index in [2.05, 4.69) is 6.92 Å². The summed E-state index contributed by atoms with van der Waals surface area (Å²) in [6, 6.07) is 4.64. The molecule has 0 fully saturated rings. The summed E-state index contributed by atoms with van der Waals surface area (Å²) in [7, 11) is 0. The molecule has 0 spiro atoms. The molecule has 0 unspecified atom stereocenters. The number of carbonyl (C=O) groups is 1. The number of hydrogen-bond acceptors (Lipinski definition) is 4. The lowest BCUT2D eigenvalue weighted by molar-refractivity contribution is 0.0924. The van der Waals surface area contributed by atoms with Crippen molar-refractivity contribution in [2.45, 2.75) is 79.9 Å². The van der Waals surface area contributed by atoms with Crippen LogP contribution in [-0.4, -0.2) is 37.9 Å². The Hall–Kier alpha value is -2.70. The van der Waals surface area contributed by atoms with E-state index in [4.69, 9.17) is 4.74 Å². The van der Waals surface area contributed by atoms with Crippen molar-refractivity contribution < 1.29 is 19.7 Å². The summed E-state index contributed by atoms with van der Waals surface area (Å²) in [5, 5.41) is 20.8. The standard InChI is InChI=1S/C24H36N2O5/c1-8-9-12-31-20-17-11-10-16(27)13-18(17)21(28)25(15-23(2,3)4)19(20)14-26(22(29)30)24(5,6)7/h10-11,13,27H,8-9,12,14-15H2,1-7H3,(H,29,30). The first-order valence-corrected chi connectivity index (χ1v) is 10.8. The van der Waals surface area contributed by atoms with Gasteiger partial charge in [0.05, 0.1) is 24.2 Å². The number of unbranched alkanes of at least 4 members (excludes halogenated alkanes) is 1. The normalized spacial score (nSPS) is 12.2. The summed E-state index contributed by atoms with van der Waals surface area (Å²) in [6.45, 7) is 14.4. The predicted molar refractivity (Wildman–Crippen MR) is 123 cm³/mol. The van der Waals surface area contributed by atoms with Gasteiger partial charge in [0.1, 0.15) is 11.5 Å². The first-order chi connectivity index (χ1) is 14.3. The Morgan fingerprint density at radius 2 is 1.77 bits per heavy atom. The molecular formula is C24H36N2O5. The first kappa shape index (κ1) is 24.6. The second-order valence-electron chi connectivity index (χ2n) is 10.2. The summed E-state index contributed by atoms with van der Waals surface area (Å²) in [5.41, 5.74) is -0.636. The average molecular weight is 433 g/mol. The van der Waals surface area contributed by atoms with Gasteiger partial charge in [-0.25, -0.2) is 4.79 Å². The van der Waals surface area contributed by atoms with Crippen LogP contribution in [0.1, 0.15) is 67.0 Å².